The third-order valence-corrected chi connectivity index (χ3v) is 5.33. The average molecular weight is 413 g/mol. The first-order valence-corrected chi connectivity index (χ1v) is 10.4. The van der Waals surface area contributed by atoms with E-state index in [1.165, 1.54) is 5.69 Å². The summed E-state index contributed by atoms with van der Waals surface area (Å²) < 4.78 is 10.5. The molecule has 0 bridgehead atoms. The van der Waals surface area contributed by atoms with Gasteiger partial charge in [-0.2, -0.15) is 0 Å². The number of nitrogens with one attached hydrogen (secondary N) is 2. The van der Waals surface area contributed by atoms with Gasteiger partial charge < -0.3 is 25.0 Å². The first kappa shape index (κ1) is 21.8. The van der Waals surface area contributed by atoms with Crippen LogP contribution in [0.4, 0.5) is 10.5 Å². The van der Waals surface area contributed by atoms with Crippen LogP contribution in [-0.2, 0) is 6.54 Å². The molecule has 7 nitrogen and oxygen atoms in total. The Morgan fingerprint density at radius 3 is 2.37 bits per heavy atom. The van der Waals surface area contributed by atoms with Gasteiger partial charge in [0.1, 0.15) is 0 Å². The van der Waals surface area contributed by atoms with Crippen molar-refractivity contribution in [1.82, 2.24) is 15.5 Å². The van der Waals surface area contributed by atoms with E-state index in [2.05, 4.69) is 50.8 Å². The molecule has 0 aliphatic carbocycles. The Morgan fingerprint density at radius 2 is 1.67 bits per heavy atom. The predicted molar refractivity (Wildman–Crippen MR) is 119 cm³/mol. The molecule has 162 valence electrons. The van der Waals surface area contributed by atoms with E-state index in [1.807, 2.05) is 18.2 Å². The fourth-order valence-corrected chi connectivity index (χ4v) is 3.61. The summed E-state index contributed by atoms with van der Waals surface area (Å²) in [6.45, 7) is 6.30. The molecule has 7 heteroatoms. The van der Waals surface area contributed by atoms with E-state index >= 15 is 0 Å². The Hall–Kier alpha value is -2.93. The molecule has 0 atom stereocenters. The number of amides is 2. The van der Waals surface area contributed by atoms with Crippen molar-refractivity contribution >= 4 is 11.7 Å². The highest BCUT2D eigenvalue weighted by molar-refractivity contribution is 5.73. The zero-order chi connectivity index (χ0) is 21.2. The molecule has 1 aliphatic rings. The molecular formula is C23H32N4O3. The summed E-state index contributed by atoms with van der Waals surface area (Å²) in [6, 6.07) is 16.0. The van der Waals surface area contributed by atoms with Gasteiger partial charge in [-0.1, -0.05) is 24.3 Å². The lowest BCUT2D eigenvalue weighted by Crippen LogP contribution is -2.47. The molecule has 0 unspecified atom stereocenters. The van der Waals surface area contributed by atoms with Gasteiger partial charge in [0.2, 0.25) is 0 Å². The van der Waals surface area contributed by atoms with Gasteiger partial charge in [0.05, 0.1) is 14.2 Å². The van der Waals surface area contributed by atoms with Gasteiger partial charge in [-0.3, -0.25) is 4.90 Å². The minimum absolute atomic E-state index is 0.154. The third-order valence-electron chi connectivity index (χ3n) is 5.33. The number of carbonyl (C=O) groups is 1. The zero-order valence-electron chi connectivity index (χ0n) is 17.9. The topological polar surface area (TPSA) is 66.1 Å². The van der Waals surface area contributed by atoms with Crippen molar-refractivity contribution in [3.63, 3.8) is 0 Å². The summed E-state index contributed by atoms with van der Waals surface area (Å²) in [5.41, 5.74) is 2.25. The number of para-hydroxylation sites is 1. The Kier molecular flexibility index (Phi) is 8.20. The first-order valence-electron chi connectivity index (χ1n) is 10.4. The van der Waals surface area contributed by atoms with E-state index in [1.54, 1.807) is 14.2 Å². The van der Waals surface area contributed by atoms with E-state index in [0.29, 0.717) is 24.6 Å². The summed E-state index contributed by atoms with van der Waals surface area (Å²) >= 11 is 0. The van der Waals surface area contributed by atoms with Crippen molar-refractivity contribution in [2.24, 2.45) is 0 Å². The zero-order valence-corrected chi connectivity index (χ0v) is 17.9. The highest BCUT2D eigenvalue weighted by Crippen LogP contribution is 2.27. The first-order chi connectivity index (χ1) is 14.7. The van der Waals surface area contributed by atoms with Crippen LogP contribution in [0.25, 0.3) is 0 Å². The number of benzene rings is 2. The Morgan fingerprint density at radius 1 is 0.933 bits per heavy atom. The van der Waals surface area contributed by atoms with Crippen LogP contribution in [0.1, 0.15) is 12.0 Å². The number of ether oxygens (including phenoxy) is 2. The highest BCUT2D eigenvalue weighted by Gasteiger charge is 2.16. The molecule has 1 fully saturated rings. The quantitative estimate of drug-likeness (QED) is 0.620. The standard InChI is InChI=1S/C23H32N4O3/c1-29-21-10-9-19(17-22(21)30-2)18-25-23(28)24-11-6-12-26-13-15-27(16-14-26)20-7-4-3-5-8-20/h3-5,7-10,17H,6,11-16,18H2,1-2H3,(H2,24,25,28). The van der Waals surface area contributed by atoms with Gasteiger partial charge in [-0.25, -0.2) is 4.79 Å². The molecule has 1 heterocycles. The summed E-state index contributed by atoms with van der Waals surface area (Å²) in [5.74, 6) is 1.33. The van der Waals surface area contributed by atoms with Gasteiger partial charge >= 0.3 is 6.03 Å². The summed E-state index contributed by atoms with van der Waals surface area (Å²) in [7, 11) is 3.20. The number of rotatable bonds is 9. The summed E-state index contributed by atoms with van der Waals surface area (Å²) in [5, 5.41) is 5.82. The van der Waals surface area contributed by atoms with Crippen LogP contribution in [0.15, 0.2) is 48.5 Å². The molecule has 3 rings (SSSR count). The smallest absolute Gasteiger partial charge is 0.315 e. The van der Waals surface area contributed by atoms with Crippen LogP contribution in [0, 0.1) is 0 Å². The van der Waals surface area contributed by atoms with Gasteiger partial charge in [0, 0.05) is 45.0 Å². The normalized spacial score (nSPS) is 14.3. The second-order valence-corrected chi connectivity index (χ2v) is 7.32. The van der Waals surface area contributed by atoms with Gasteiger partial charge in [0.25, 0.3) is 0 Å². The lowest BCUT2D eigenvalue weighted by Gasteiger charge is -2.36. The molecule has 0 radical (unpaired) electrons. The Bertz CT molecular complexity index is 792. The molecule has 0 aromatic heterocycles. The van der Waals surface area contributed by atoms with Crippen molar-refractivity contribution in [2.45, 2.75) is 13.0 Å². The maximum absolute atomic E-state index is 12.0. The largest absolute Gasteiger partial charge is 0.493 e. The van der Waals surface area contributed by atoms with E-state index in [4.69, 9.17) is 9.47 Å². The van der Waals surface area contributed by atoms with E-state index in [9.17, 15) is 4.79 Å². The van der Waals surface area contributed by atoms with Crippen molar-refractivity contribution < 1.29 is 14.3 Å². The molecule has 2 aromatic carbocycles. The maximum atomic E-state index is 12.0. The Balaban J connectivity index is 1.29. The summed E-state index contributed by atoms with van der Waals surface area (Å²) in [4.78, 5) is 16.9. The highest BCUT2D eigenvalue weighted by atomic mass is 16.5. The molecule has 0 saturated carbocycles. The second-order valence-electron chi connectivity index (χ2n) is 7.32. The SMILES string of the molecule is COc1ccc(CNC(=O)NCCCN2CCN(c3ccccc3)CC2)cc1OC. The van der Waals surface area contributed by atoms with Crippen LogP contribution >= 0.6 is 0 Å². The fraction of sp³-hybridized carbons (Fsp3) is 0.435. The number of hydrogen-bond donors (Lipinski definition) is 2. The molecule has 1 saturated heterocycles. The van der Waals surface area contributed by atoms with E-state index in [0.717, 1.165) is 44.7 Å². The number of piperazine rings is 1. The lowest BCUT2D eigenvalue weighted by atomic mass is 10.2. The van der Waals surface area contributed by atoms with Crippen LogP contribution in [-0.4, -0.2) is 64.4 Å². The van der Waals surface area contributed by atoms with Crippen molar-refractivity contribution in [1.29, 1.82) is 0 Å². The fourth-order valence-electron chi connectivity index (χ4n) is 3.61. The number of anilines is 1. The number of nitrogens with zero attached hydrogens (tertiary/aromatic N) is 2. The van der Waals surface area contributed by atoms with E-state index < -0.39 is 0 Å². The summed E-state index contributed by atoms with van der Waals surface area (Å²) in [6.07, 6.45) is 0.940. The van der Waals surface area contributed by atoms with Gasteiger partial charge in [0.15, 0.2) is 11.5 Å². The van der Waals surface area contributed by atoms with Crippen molar-refractivity contribution in [3.05, 3.63) is 54.1 Å². The molecule has 30 heavy (non-hydrogen) atoms. The number of hydrogen-bond acceptors (Lipinski definition) is 5. The van der Waals surface area contributed by atoms with Crippen LogP contribution in [0.2, 0.25) is 0 Å². The minimum atomic E-state index is -0.154. The number of urea groups is 1. The van der Waals surface area contributed by atoms with Gasteiger partial charge in [-0.15, -0.1) is 0 Å². The predicted octanol–water partition coefficient (Wildman–Crippen LogP) is 2.72. The minimum Gasteiger partial charge on any atom is -0.493 e. The van der Waals surface area contributed by atoms with Crippen LogP contribution < -0.4 is 25.0 Å². The van der Waals surface area contributed by atoms with Crippen molar-refractivity contribution in [3.8, 4) is 11.5 Å². The third kappa shape index (κ3) is 6.29. The maximum Gasteiger partial charge on any atom is 0.315 e. The van der Waals surface area contributed by atoms with Gasteiger partial charge in [-0.05, 0) is 42.8 Å². The molecule has 1 aliphatic heterocycles. The van der Waals surface area contributed by atoms with E-state index in [-0.39, 0.29) is 6.03 Å². The molecule has 0 spiro atoms. The molecule has 2 N–H and O–H groups in total. The van der Waals surface area contributed by atoms with Crippen molar-refractivity contribution in [2.75, 3.05) is 58.4 Å². The molecular weight excluding hydrogens is 380 g/mol. The average Bonchev–Trinajstić information content (AvgIpc) is 2.81. The number of methoxy groups -OCH3 is 2. The lowest BCUT2D eigenvalue weighted by molar-refractivity contribution is 0.235. The molecule has 2 amide bonds. The van der Waals surface area contributed by atoms with Crippen LogP contribution in [0.5, 0.6) is 11.5 Å². The Labute approximate surface area is 179 Å². The number of carbonyl (C=O) groups excluding carboxylic acids is 1. The second kappa shape index (κ2) is 11.3. The molecule has 2 aromatic rings. The monoisotopic (exact) mass is 412 g/mol. The van der Waals surface area contributed by atoms with Crippen LogP contribution in [0.3, 0.4) is 0 Å².